The van der Waals surface area contributed by atoms with Crippen molar-refractivity contribution in [2.24, 2.45) is 5.73 Å². The maximum absolute atomic E-state index is 13.1. The summed E-state index contributed by atoms with van der Waals surface area (Å²) in [7, 11) is 0. The number of nitrogens with two attached hydrogens (primary N) is 1. The Morgan fingerprint density at radius 1 is 1.56 bits per heavy atom. The van der Waals surface area contributed by atoms with Gasteiger partial charge in [0.1, 0.15) is 5.82 Å². The Labute approximate surface area is 99.2 Å². The molecule has 1 fully saturated rings. The summed E-state index contributed by atoms with van der Waals surface area (Å²) in [5.74, 6) is -0.328. The lowest BCUT2D eigenvalue weighted by atomic mass is 9.92. The van der Waals surface area contributed by atoms with Crippen molar-refractivity contribution < 1.29 is 9.50 Å². The lowest BCUT2D eigenvalue weighted by Crippen LogP contribution is -2.30. The molecule has 0 saturated heterocycles. The van der Waals surface area contributed by atoms with E-state index in [9.17, 15) is 9.50 Å². The van der Waals surface area contributed by atoms with E-state index in [2.05, 4.69) is 0 Å². The Balaban J connectivity index is 2.17. The molecule has 4 heteroatoms. The van der Waals surface area contributed by atoms with Crippen molar-refractivity contribution in [3.05, 3.63) is 34.6 Å². The molecule has 0 radical (unpaired) electrons. The largest absolute Gasteiger partial charge is 0.389 e. The van der Waals surface area contributed by atoms with Gasteiger partial charge in [-0.15, -0.1) is 0 Å². The molecule has 1 aliphatic carbocycles. The van der Waals surface area contributed by atoms with Crippen LogP contribution in [0.5, 0.6) is 0 Å². The molecule has 2 unspecified atom stereocenters. The van der Waals surface area contributed by atoms with Gasteiger partial charge in [0.05, 0.1) is 5.60 Å². The topological polar surface area (TPSA) is 46.2 Å². The van der Waals surface area contributed by atoms with Gasteiger partial charge in [0.25, 0.3) is 0 Å². The molecule has 1 aliphatic rings. The fourth-order valence-corrected chi connectivity index (χ4v) is 2.52. The smallest absolute Gasteiger partial charge is 0.123 e. The second-order valence-corrected chi connectivity index (χ2v) is 5.05. The Kier molecular flexibility index (Phi) is 3.19. The quantitative estimate of drug-likeness (QED) is 0.837. The van der Waals surface area contributed by atoms with Crippen LogP contribution in [0.1, 0.15) is 24.8 Å². The lowest BCUT2D eigenvalue weighted by molar-refractivity contribution is 0.0468. The average Bonchev–Trinajstić information content (AvgIpc) is 2.52. The van der Waals surface area contributed by atoms with Crippen LogP contribution in [0.2, 0.25) is 5.02 Å². The number of hydrogen-bond donors (Lipinski definition) is 2. The minimum absolute atomic E-state index is 0.0392. The van der Waals surface area contributed by atoms with Crippen molar-refractivity contribution in [3.63, 3.8) is 0 Å². The van der Waals surface area contributed by atoms with Crippen LogP contribution >= 0.6 is 11.6 Å². The van der Waals surface area contributed by atoms with E-state index in [4.69, 9.17) is 17.3 Å². The molecule has 2 nitrogen and oxygen atoms in total. The molecule has 0 spiro atoms. The van der Waals surface area contributed by atoms with Crippen LogP contribution in [-0.4, -0.2) is 16.7 Å². The highest BCUT2D eigenvalue weighted by Gasteiger charge is 2.36. The summed E-state index contributed by atoms with van der Waals surface area (Å²) in [5.41, 5.74) is 5.59. The van der Waals surface area contributed by atoms with Crippen LogP contribution in [0.4, 0.5) is 4.39 Å². The van der Waals surface area contributed by atoms with Gasteiger partial charge >= 0.3 is 0 Å². The van der Waals surface area contributed by atoms with Gasteiger partial charge in [0.2, 0.25) is 0 Å². The number of benzene rings is 1. The maximum Gasteiger partial charge on any atom is 0.123 e. The molecule has 0 heterocycles. The van der Waals surface area contributed by atoms with Gasteiger partial charge in [-0.05, 0) is 43.0 Å². The summed E-state index contributed by atoms with van der Waals surface area (Å²) in [4.78, 5) is 0. The standard InChI is InChI=1S/C12H15ClFNO/c13-11-2-1-9(14)5-8(11)6-12(16)4-3-10(15)7-12/h1-2,5,10,16H,3-4,6-7,15H2. The van der Waals surface area contributed by atoms with Crippen LogP contribution in [-0.2, 0) is 6.42 Å². The van der Waals surface area contributed by atoms with E-state index in [0.29, 0.717) is 29.8 Å². The van der Waals surface area contributed by atoms with Gasteiger partial charge in [-0.3, -0.25) is 0 Å². The molecule has 0 aromatic heterocycles. The van der Waals surface area contributed by atoms with Crippen molar-refractivity contribution >= 4 is 11.6 Å². The van der Waals surface area contributed by atoms with Crippen LogP contribution in [0.25, 0.3) is 0 Å². The predicted octanol–water partition coefficient (Wildman–Crippen LogP) is 2.26. The summed E-state index contributed by atoms with van der Waals surface area (Å²) in [6, 6.07) is 4.25. The van der Waals surface area contributed by atoms with Crippen LogP contribution < -0.4 is 5.73 Å². The number of aliphatic hydroxyl groups is 1. The van der Waals surface area contributed by atoms with E-state index in [1.165, 1.54) is 18.2 Å². The Morgan fingerprint density at radius 3 is 2.94 bits per heavy atom. The first-order chi connectivity index (χ1) is 7.48. The first-order valence-corrected chi connectivity index (χ1v) is 5.78. The number of hydrogen-bond acceptors (Lipinski definition) is 2. The van der Waals surface area contributed by atoms with E-state index in [1.807, 2.05) is 0 Å². The zero-order valence-corrected chi connectivity index (χ0v) is 9.67. The highest BCUT2D eigenvalue weighted by atomic mass is 35.5. The maximum atomic E-state index is 13.1. The summed E-state index contributed by atoms with van der Waals surface area (Å²) >= 11 is 5.96. The monoisotopic (exact) mass is 243 g/mol. The normalized spacial score (nSPS) is 29.6. The molecule has 2 rings (SSSR count). The van der Waals surface area contributed by atoms with Gasteiger partial charge in [-0.2, -0.15) is 0 Å². The molecule has 0 amide bonds. The molecule has 88 valence electrons. The van der Waals surface area contributed by atoms with Crippen LogP contribution in [0.3, 0.4) is 0 Å². The van der Waals surface area contributed by atoms with Gasteiger partial charge in [-0.1, -0.05) is 11.6 Å². The third-order valence-electron chi connectivity index (χ3n) is 3.15. The molecule has 16 heavy (non-hydrogen) atoms. The molecule has 2 atom stereocenters. The summed E-state index contributed by atoms with van der Waals surface area (Å²) in [5, 5.41) is 10.8. The van der Waals surface area contributed by atoms with Crippen LogP contribution in [0.15, 0.2) is 18.2 Å². The van der Waals surface area contributed by atoms with E-state index < -0.39 is 5.60 Å². The Hall–Kier alpha value is -0.640. The molecule has 1 aromatic rings. The summed E-state index contributed by atoms with van der Waals surface area (Å²) < 4.78 is 13.1. The number of halogens is 2. The highest BCUT2D eigenvalue weighted by Crippen LogP contribution is 2.33. The zero-order valence-electron chi connectivity index (χ0n) is 8.92. The molecule has 3 N–H and O–H groups in total. The molecular formula is C12H15ClFNO. The molecule has 0 bridgehead atoms. The Bertz CT molecular complexity index is 399. The third-order valence-corrected chi connectivity index (χ3v) is 3.52. The summed E-state index contributed by atoms with van der Waals surface area (Å²) in [6.45, 7) is 0. The molecule has 1 aromatic carbocycles. The van der Waals surface area contributed by atoms with Gasteiger partial charge in [0.15, 0.2) is 0 Å². The SMILES string of the molecule is NC1CCC(O)(Cc2cc(F)ccc2Cl)C1. The average molecular weight is 244 g/mol. The fourth-order valence-electron chi connectivity index (χ4n) is 2.34. The summed E-state index contributed by atoms with van der Waals surface area (Å²) in [6.07, 6.45) is 2.39. The van der Waals surface area contributed by atoms with Gasteiger partial charge in [0, 0.05) is 17.5 Å². The Morgan fingerprint density at radius 2 is 2.31 bits per heavy atom. The predicted molar refractivity (Wildman–Crippen MR) is 61.9 cm³/mol. The van der Waals surface area contributed by atoms with Crippen molar-refractivity contribution in [1.82, 2.24) is 0 Å². The fraction of sp³-hybridized carbons (Fsp3) is 0.500. The molecule has 1 saturated carbocycles. The van der Waals surface area contributed by atoms with Gasteiger partial charge < -0.3 is 10.8 Å². The molecule has 0 aliphatic heterocycles. The first kappa shape index (κ1) is 11.8. The second kappa shape index (κ2) is 4.32. The lowest BCUT2D eigenvalue weighted by Gasteiger charge is -2.23. The van der Waals surface area contributed by atoms with Crippen LogP contribution in [0, 0.1) is 5.82 Å². The van der Waals surface area contributed by atoms with Crippen molar-refractivity contribution in [1.29, 1.82) is 0 Å². The highest BCUT2D eigenvalue weighted by molar-refractivity contribution is 6.31. The van der Waals surface area contributed by atoms with E-state index in [1.54, 1.807) is 0 Å². The first-order valence-electron chi connectivity index (χ1n) is 5.40. The second-order valence-electron chi connectivity index (χ2n) is 4.64. The third kappa shape index (κ3) is 2.54. The van der Waals surface area contributed by atoms with Gasteiger partial charge in [-0.25, -0.2) is 4.39 Å². The zero-order chi connectivity index (χ0) is 11.8. The molecular weight excluding hydrogens is 229 g/mol. The van der Waals surface area contributed by atoms with E-state index >= 15 is 0 Å². The van der Waals surface area contributed by atoms with Crippen molar-refractivity contribution in [3.8, 4) is 0 Å². The number of rotatable bonds is 2. The minimum Gasteiger partial charge on any atom is -0.389 e. The van der Waals surface area contributed by atoms with E-state index in [0.717, 1.165) is 6.42 Å². The van der Waals surface area contributed by atoms with Crippen molar-refractivity contribution in [2.45, 2.75) is 37.3 Å². The van der Waals surface area contributed by atoms with Crippen molar-refractivity contribution in [2.75, 3.05) is 0 Å². The van der Waals surface area contributed by atoms with E-state index in [-0.39, 0.29) is 11.9 Å². The minimum atomic E-state index is -0.823.